The lowest BCUT2D eigenvalue weighted by molar-refractivity contribution is -0.979. The minimum atomic E-state index is 0.750. The van der Waals surface area contributed by atoms with Gasteiger partial charge in [0.05, 0.1) is 0 Å². The maximum Gasteiger partial charge on any atom is 0.104 e. The van der Waals surface area contributed by atoms with Gasteiger partial charge in [0.25, 0.3) is 0 Å². The van der Waals surface area contributed by atoms with Gasteiger partial charge in [0.2, 0.25) is 0 Å². The van der Waals surface area contributed by atoms with E-state index in [1.54, 1.807) is 0 Å². The summed E-state index contributed by atoms with van der Waals surface area (Å²) >= 11 is 0. The Kier molecular flexibility index (Phi) is 1.51. The SMILES string of the molecule is C[N+]1(C)NCCCN1. The lowest BCUT2D eigenvalue weighted by Crippen LogP contribution is -2.64. The Morgan fingerprint density at radius 2 is 1.62 bits per heavy atom. The Labute approximate surface area is 50.2 Å². The van der Waals surface area contributed by atoms with Crippen molar-refractivity contribution in [3.63, 3.8) is 0 Å². The van der Waals surface area contributed by atoms with E-state index in [-0.39, 0.29) is 0 Å². The lowest BCUT2D eigenvalue weighted by atomic mass is 10.4. The third kappa shape index (κ3) is 1.43. The van der Waals surface area contributed by atoms with Crippen molar-refractivity contribution in [1.82, 2.24) is 10.9 Å². The Bertz CT molecular complexity index is 71.7. The van der Waals surface area contributed by atoms with Gasteiger partial charge in [0.15, 0.2) is 0 Å². The summed E-state index contributed by atoms with van der Waals surface area (Å²) in [4.78, 5) is 0. The second-order valence-electron chi connectivity index (χ2n) is 2.62. The summed E-state index contributed by atoms with van der Waals surface area (Å²) in [6.45, 7) is 2.25. The van der Waals surface area contributed by atoms with Crippen LogP contribution in [0.5, 0.6) is 0 Å². The minimum absolute atomic E-state index is 0.750. The standard InChI is InChI=1S/C5H14N3/c1-8(2)6-4-3-5-7-8/h6-7H,3-5H2,1-2H3/q+1. The summed E-state index contributed by atoms with van der Waals surface area (Å²) in [5.74, 6) is 0. The van der Waals surface area contributed by atoms with E-state index in [4.69, 9.17) is 0 Å². The van der Waals surface area contributed by atoms with Crippen molar-refractivity contribution in [3.8, 4) is 0 Å². The molecule has 0 spiro atoms. The molecule has 8 heavy (non-hydrogen) atoms. The molecule has 0 unspecified atom stereocenters. The molecule has 1 aliphatic heterocycles. The van der Waals surface area contributed by atoms with Crippen molar-refractivity contribution in [3.05, 3.63) is 0 Å². The molecule has 3 nitrogen and oxygen atoms in total. The van der Waals surface area contributed by atoms with Crippen LogP contribution in [-0.4, -0.2) is 31.9 Å². The van der Waals surface area contributed by atoms with Crippen molar-refractivity contribution < 1.29 is 4.70 Å². The van der Waals surface area contributed by atoms with Gasteiger partial charge in [-0.05, 0) is 6.42 Å². The van der Waals surface area contributed by atoms with Gasteiger partial charge in [-0.3, -0.25) is 0 Å². The molecule has 0 radical (unpaired) electrons. The molecule has 1 saturated heterocycles. The molecule has 1 aliphatic rings. The molecule has 48 valence electrons. The number of quaternary nitrogens is 1. The van der Waals surface area contributed by atoms with Crippen LogP contribution in [0.3, 0.4) is 0 Å². The third-order valence-electron chi connectivity index (χ3n) is 1.37. The van der Waals surface area contributed by atoms with Gasteiger partial charge in [-0.2, -0.15) is 4.70 Å². The van der Waals surface area contributed by atoms with E-state index in [0.717, 1.165) is 17.8 Å². The molecular formula is C5H14N3+. The van der Waals surface area contributed by atoms with E-state index in [1.807, 2.05) is 0 Å². The number of hydrogen-bond donors (Lipinski definition) is 2. The normalized spacial score (nSPS) is 27.8. The molecule has 0 aromatic rings. The second-order valence-corrected chi connectivity index (χ2v) is 2.62. The Morgan fingerprint density at radius 1 is 1.12 bits per heavy atom. The van der Waals surface area contributed by atoms with Crippen LogP contribution >= 0.6 is 0 Å². The molecule has 0 amide bonds. The van der Waals surface area contributed by atoms with Crippen LogP contribution in [0.15, 0.2) is 0 Å². The first-order valence-corrected chi connectivity index (χ1v) is 3.05. The number of hydrogen-bond acceptors (Lipinski definition) is 2. The predicted molar refractivity (Wildman–Crippen MR) is 32.7 cm³/mol. The maximum absolute atomic E-state index is 3.28. The molecule has 1 heterocycles. The molecule has 0 bridgehead atoms. The van der Waals surface area contributed by atoms with Crippen molar-refractivity contribution in [2.75, 3.05) is 27.2 Å². The fourth-order valence-electron chi connectivity index (χ4n) is 0.861. The summed E-state index contributed by atoms with van der Waals surface area (Å²) in [5.41, 5.74) is 6.57. The summed E-state index contributed by atoms with van der Waals surface area (Å²) in [7, 11) is 4.19. The lowest BCUT2D eigenvalue weighted by Gasteiger charge is -2.32. The zero-order valence-corrected chi connectivity index (χ0v) is 5.57. The van der Waals surface area contributed by atoms with Gasteiger partial charge in [-0.1, -0.05) is 0 Å². The van der Waals surface area contributed by atoms with Gasteiger partial charge in [-0.25, -0.2) is 0 Å². The summed E-state index contributed by atoms with van der Waals surface area (Å²) in [6.07, 6.45) is 1.24. The fourth-order valence-corrected chi connectivity index (χ4v) is 0.861. The predicted octanol–water partition coefficient (Wildman–Crippen LogP) is -0.524. The van der Waals surface area contributed by atoms with Crippen molar-refractivity contribution in [2.45, 2.75) is 6.42 Å². The Balaban J connectivity index is 2.33. The van der Waals surface area contributed by atoms with Crippen LogP contribution in [-0.2, 0) is 0 Å². The largest absolute Gasteiger partial charge is 0.176 e. The van der Waals surface area contributed by atoms with Crippen LogP contribution in [0, 0.1) is 0 Å². The fraction of sp³-hybridized carbons (Fsp3) is 1.00. The molecule has 1 fully saturated rings. The molecule has 1 rings (SSSR count). The van der Waals surface area contributed by atoms with Crippen LogP contribution in [0.25, 0.3) is 0 Å². The Hall–Kier alpha value is -0.120. The van der Waals surface area contributed by atoms with Crippen LogP contribution in [0.4, 0.5) is 0 Å². The molecule has 0 aromatic carbocycles. The third-order valence-corrected chi connectivity index (χ3v) is 1.37. The molecule has 0 atom stereocenters. The molecule has 0 saturated carbocycles. The zero-order chi connectivity index (χ0) is 6.04. The number of rotatable bonds is 0. The van der Waals surface area contributed by atoms with Crippen LogP contribution in [0.1, 0.15) is 6.42 Å². The molecule has 3 heteroatoms. The average Bonchev–Trinajstić information content (AvgIpc) is 1.65. The average molecular weight is 116 g/mol. The summed E-state index contributed by atoms with van der Waals surface area (Å²) < 4.78 is 0.750. The van der Waals surface area contributed by atoms with Crippen molar-refractivity contribution in [2.24, 2.45) is 0 Å². The zero-order valence-electron chi connectivity index (χ0n) is 5.57. The van der Waals surface area contributed by atoms with Gasteiger partial charge < -0.3 is 0 Å². The molecule has 0 aromatic heterocycles. The summed E-state index contributed by atoms with van der Waals surface area (Å²) in [5, 5.41) is 0. The highest BCUT2D eigenvalue weighted by molar-refractivity contribution is 4.43. The smallest absolute Gasteiger partial charge is 0.104 e. The van der Waals surface area contributed by atoms with Crippen LogP contribution < -0.4 is 10.9 Å². The maximum atomic E-state index is 3.28. The Morgan fingerprint density at radius 3 is 1.88 bits per heavy atom. The quantitative estimate of drug-likeness (QED) is 0.416. The number of nitrogens with zero attached hydrogens (tertiary/aromatic N) is 1. The second kappa shape index (κ2) is 2.01. The van der Waals surface area contributed by atoms with E-state index < -0.39 is 0 Å². The van der Waals surface area contributed by atoms with Gasteiger partial charge in [0, 0.05) is 13.1 Å². The minimum Gasteiger partial charge on any atom is -0.176 e. The molecule has 2 N–H and O–H groups in total. The first-order chi connectivity index (χ1) is 3.71. The van der Waals surface area contributed by atoms with E-state index in [0.29, 0.717) is 0 Å². The van der Waals surface area contributed by atoms with Crippen molar-refractivity contribution >= 4 is 0 Å². The van der Waals surface area contributed by atoms with E-state index in [9.17, 15) is 0 Å². The first-order valence-electron chi connectivity index (χ1n) is 3.05. The van der Waals surface area contributed by atoms with Crippen LogP contribution in [0.2, 0.25) is 0 Å². The monoisotopic (exact) mass is 116 g/mol. The van der Waals surface area contributed by atoms with E-state index in [2.05, 4.69) is 24.9 Å². The number of nitrogens with one attached hydrogen (secondary N) is 2. The first kappa shape index (κ1) is 6.01. The van der Waals surface area contributed by atoms with E-state index >= 15 is 0 Å². The summed E-state index contributed by atoms with van der Waals surface area (Å²) in [6, 6.07) is 0. The van der Waals surface area contributed by atoms with Gasteiger partial charge in [-0.15, -0.1) is 10.9 Å². The highest BCUT2D eigenvalue weighted by Gasteiger charge is 2.16. The van der Waals surface area contributed by atoms with E-state index in [1.165, 1.54) is 6.42 Å². The molecular weight excluding hydrogens is 102 g/mol. The topological polar surface area (TPSA) is 24.1 Å². The van der Waals surface area contributed by atoms with Crippen molar-refractivity contribution in [1.29, 1.82) is 0 Å². The molecule has 0 aliphatic carbocycles. The highest BCUT2D eigenvalue weighted by atomic mass is 15.8. The highest BCUT2D eigenvalue weighted by Crippen LogP contribution is 1.90. The van der Waals surface area contributed by atoms with Gasteiger partial charge >= 0.3 is 0 Å². The van der Waals surface area contributed by atoms with Gasteiger partial charge in [0.1, 0.15) is 14.1 Å².